The van der Waals surface area contributed by atoms with E-state index < -0.39 is 11.1 Å². The molecule has 0 aromatic heterocycles. The van der Waals surface area contributed by atoms with Gasteiger partial charge in [0.15, 0.2) is 6.17 Å². The van der Waals surface area contributed by atoms with Crippen LogP contribution >= 0.6 is 0 Å². The smallest absolute Gasteiger partial charge is 0.269 e. The van der Waals surface area contributed by atoms with Gasteiger partial charge in [-0.15, -0.1) is 0 Å². The van der Waals surface area contributed by atoms with Gasteiger partial charge >= 0.3 is 0 Å². The Kier molecular flexibility index (Phi) is 3.63. The summed E-state index contributed by atoms with van der Waals surface area (Å²) in [6.07, 6.45) is 0.766. The lowest BCUT2D eigenvalue weighted by molar-refractivity contribution is -0.384. The molecule has 1 unspecified atom stereocenters. The van der Waals surface area contributed by atoms with Crippen LogP contribution in [0.5, 0.6) is 0 Å². The van der Waals surface area contributed by atoms with E-state index in [1.165, 1.54) is 18.3 Å². The number of nitrogens with zero attached hydrogens (tertiary/aromatic N) is 4. The molecule has 0 saturated carbocycles. The molecule has 0 radical (unpaired) electrons. The van der Waals surface area contributed by atoms with Gasteiger partial charge in [0.1, 0.15) is 5.70 Å². The minimum absolute atomic E-state index is 0.0125. The summed E-state index contributed by atoms with van der Waals surface area (Å²) in [7, 11) is 0. The van der Waals surface area contributed by atoms with Gasteiger partial charge in [0, 0.05) is 23.3 Å². The minimum atomic E-state index is -0.715. The van der Waals surface area contributed by atoms with Gasteiger partial charge in [0.2, 0.25) is 0 Å². The van der Waals surface area contributed by atoms with Crippen LogP contribution in [0, 0.1) is 10.1 Å². The third-order valence-electron chi connectivity index (χ3n) is 3.25. The molecule has 7 heteroatoms. The molecule has 2 aromatic rings. The number of rotatable bonds is 3. The van der Waals surface area contributed by atoms with Crippen LogP contribution in [0.25, 0.3) is 5.70 Å². The van der Waals surface area contributed by atoms with Crippen LogP contribution in [0.3, 0.4) is 0 Å². The number of nitro groups is 1. The topological polar surface area (TPSA) is 91.3 Å². The zero-order chi connectivity index (χ0) is 15.5. The maximum absolute atomic E-state index is 10.6. The molecule has 110 valence electrons. The third-order valence-corrected chi connectivity index (χ3v) is 3.25. The Hall–Kier alpha value is -3.06. The van der Waals surface area contributed by atoms with Gasteiger partial charge in [-0.05, 0) is 12.1 Å². The van der Waals surface area contributed by atoms with Crippen molar-refractivity contribution in [3.63, 3.8) is 0 Å². The minimum Gasteiger partial charge on any atom is -0.286 e. The van der Waals surface area contributed by atoms with Crippen LogP contribution in [-0.4, -0.2) is 15.2 Å². The Morgan fingerprint density at radius 3 is 2.36 bits per heavy atom. The van der Waals surface area contributed by atoms with Crippen molar-refractivity contribution in [1.82, 2.24) is 5.06 Å². The summed E-state index contributed by atoms with van der Waals surface area (Å²) in [5.74, 6) is 0. The van der Waals surface area contributed by atoms with E-state index in [0.29, 0.717) is 11.3 Å². The molecular weight excluding hydrogens is 284 g/mol. The first kappa shape index (κ1) is 13.9. The maximum atomic E-state index is 10.6. The molecule has 1 aliphatic rings. The van der Waals surface area contributed by atoms with Crippen LogP contribution in [0.2, 0.25) is 0 Å². The maximum Gasteiger partial charge on any atom is 0.269 e. The lowest BCUT2D eigenvalue weighted by Crippen LogP contribution is -2.20. The molecule has 0 amide bonds. The molecule has 0 aliphatic carbocycles. The predicted octanol–water partition coefficient (Wildman–Crippen LogP) is 3.75. The Morgan fingerprint density at radius 2 is 1.77 bits per heavy atom. The summed E-state index contributed by atoms with van der Waals surface area (Å²) in [6.45, 7) is 0. The van der Waals surface area contributed by atoms with Gasteiger partial charge in [-0.2, -0.15) is 10.2 Å². The first-order valence-corrected chi connectivity index (χ1v) is 6.55. The molecule has 0 saturated heterocycles. The summed E-state index contributed by atoms with van der Waals surface area (Å²) in [5.41, 5.74) is 1.98. The van der Waals surface area contributed by atoms with Gasteiger partial charge < -0.3 is 0 Å². The normalized spacial score (nSPS) is 17.2. The second-order valence-corrected chi connectivity index (χ2v) is 4.70. The van der Waals surface area contributed by atoms with E-state index in [-0.39, 0.29) is 5.69 Å². The van der Waals surface area contributed by atoms with E-state index in [4.69, 9.17) is 0 Å². The third kappa shape index (κ3) is 2.70. The fraction of sp³-hybridized carbons (Fsp3) is 0.0667. The number of hydroxylamine groups is 2. The number of hydrogen-bond donors (Lipinski definition) is 1. The molecule has 1 aliphatic heterocycles. The quantitative estimate of drug-likeness (QED) is 0.689. The number of benzene rings is 2. The van der Waals surface area contributed by atoms with Crippen molar-refractivity contribution < 1.29 is 10.1 Å². The monoisotopic (exact) mass is 296 g/mol. The van der Waals surface area contributed by atoms with E-state index in [0.717, 1.165) is 10.6 Å². The Balaban J connectivity index is 1.83. The molecular formula is C15H12N4O3. The van der Waals surface area contributed by atoms with Gasteiger partial charge in [-0.3, -0.25) is 15.3 Å². The zero-order valence-electron chi connectivity index (χ0n) is 11.4. The van der Waals surface area contributed by atoms with Gasteiger partial charge in [-0.25, -0.2) is 5.06 Å². The zero-order valence-corrected chi connectivity index (χ0v) is 11.4. The first-order valence-electron chi connectivity index (χ1n) is 6.55. The van der Waals surface area contributed by atoms with Gasteiger partial charge in [0.05, 0.1) is 11.1 Å². The highest BCUT2D eigenvalue weighted by Crippen LogP contribution is 2.30. The molecule has 0 fully saturated rings. The Bertz CT molecular complexity index is 741. The highest BCUT2D eigenvalue weighted by atomic mass is 16.6. The number of nitro benzene ring substituents is 1. The lowest BCUT2D eigenvalue weighted by atomic mass is 10.1. The number of hydrogen-bond acceptors (Lipinski definition) is 6. The summed E-state index contributed by atoms with van der Waals surface area (Å²) in [6, 6.07) is 15.2. The van der Waals surface area contributed by atoms with Crippen molar-refractivity contribution in [1.29, 1.82) is 0 Å². The average molecular weight is 296 g/mol. The number of azo groups is 1. The fourth-order valence-electron chi connectivity index (χ4n) is 2.12. The summed E-state index contributed by atoms with van der Waals surface area (Å²) < 4.78 is 0. The molecule has 1 N–H and O–H groups in total. The van der Waals surface area contributed by atoms with Crippen LogP contribution in [0.15, 0.2) is 71.0 Å². The SMILES string of the molecule is O=[N+]([O-])c1ccc(C2N=NC(c3ccccc3)=CN2O)cc1. The van der Waals surface area contributed by atoms with Crippen molar-refractivity contribution in [2.24, 2.45) is 10.2 Å². The average Bonchev–Trinajstić information content (AvgIpc) is 2.56. The van der Waals surface area contributed by atoms with Crippen LogP contribution in [0.1, 0.15) is 17.3 Å². The van der Waals surface area contributed by atoms with Crippen LogP contribution < -0.4 is 0 Å². The molecule has 3 rings (SSSR count). The molecule has 22 heavy (non-hydrogen) atoms. The molecule has 1 atom stereocenters. The van der Waals surface area contributed by atoms with Crippen LogP contribution in [0.4, 0.5) is 5.69 Å². The Morgan fingerprint density at radius 1 is 1.09 bits per heavy atom. The van der Waals surface area contributed by atoms with Crippen molar-refractivity contribution in [3.05, 3.63) is 82.0 Å². The summed E-state index contributed by atoms with van der Waals surface area (Å²) in [4.78, 5) is 10.2. The summed E-state index contributed by atoms with van der Waals surface area (Å²) >= 11 is 0. The first-order chi connectivity index (χ1) is 10.6. The molecule has 1 heterocycles. The van der Waals surface area contributed by atoms with E-state index in [1.54, 1.807) is 12.1 Å². The largest absolute Gasteiger partial charge is 0.286 e. The van der Waals surface area contributed by atoms with Crippen molar-refractivity contribution in [2.75, 3.05) is 0 Å². The van der Waals surface area contributed by atoms with Crippen molar-refractivity contribution in [3.8, 4) is 0 Å². The predicted molar refractivity (Wildman–Crippen MR) is 78.7 cm³/mol. The Labute approximate surface area is 125 Å². The van der Waals surface area contributed by atoms with Crippen LogP contribution in [-0.2, 0) is 0 Å². The van der Waals surface area contributed by atoms with Crippen molar-refractivity contribution in [2.45, 2.75) is 6.17 Å². The highest BCUT2D eigenvalue weighted by molar-refractivity contribution is 5.64. The van der Waals surface area contributed by atoms with E-state index in [9.17, 15) is 15.3 Å². The second-order valence-electron chi connectivity index (χ2n) is 4.70. The standard InChI is InChI=1S/C15H12N4O3/c20-18-10-14(11-4-2-1-3-5-11)16-17-15(18)12-6-8-13(9-7-12)19(21)22/h1-10,15,20H. The van der Waals surface area contributed by atoms with E-state index in [1.807, 2.05) is 30.3 Å². The molecule has 7 nitrogen and oxygen atoms in total. The fourth-order valence-corrected chi connectivity index (χ4v) is 2.12. The number of non-ortho nitro benzene ring substituents is 1. The lowest BCUT2D eigenvalue weighted by Gasteiger charge is -2.24. The van der Waals surface area contributed by atoms with Gasteiger partial charge in [0.25, 0.3) is 5.69 Å². The summed E-state index contributed by atoms with van der Waals surface area (Å²) in [5, 5.41) is 29.9. The second kappa shape index (κ2) is 5.74. The highest BCUT2D eigenvalue weighted by Gasteiger charge is 2.21. The van der Waals surface area contributed by atoms with Crippen molar-refractivity contribution >= 4 is 11.4 Å². The molecule has 0 spiro atoms. The van der Waals surface area contributed by atoms with E-state index in [2.05, 4.69) is 10.2 Å². The van der Waals surface area contributed by atoms with Gasteiger partial charge in [-0.1, -0.05) is 30.3 Å². The van der Waals surface area contributed by atoms with E-state index >= 15 is 0 Å². The molecule has 0 bridgehead atoms. The molecule has 2 aromatic carbocycles.